The van der Waals surface area contributed by atoms with Crippen molar-refractivity contribution >= 4 is 12.0 Å². The average Bonchev–Trinajstić information content (AvgIpc) is 2.44. The van der Waals surface area contributed by atoms with Gasteiger partial charge >= 0.3 is 0 Å². The van der Waals surface area contributed by atoms with Crippen molar-refractivity contribution in [2.75, 3.05) is 13.2 Å². The SMILES string of the molecule is CCC(C)NC(=O)/C=C/c1ccc2c(c1)OCCO2. The van der Waals surface area contributed by atoms with Crippen LogP contribution in [-0.4, -0.2) is 25.2 Å². The molecule has 0 fully saturated rings. The monoisotopic (exact) mass is 261 g/mol. The third-order valence-electron chi connectivity index (χ3n) is 2.99. The first-order valence-corrected chi connectivity index (χ1v) is 6.57. The van der Waals surface area contributed by atoms with Gasteiger partial charge in [0, 0.05) is 12.1 Å². The van der Waals surface area contributed by atoms with Gasteiger partial charge in [0.15, 0.2) is 11.5 Å². The van der Waals surface area contributed by atoms with Crippen molar-refractivity contribution in [2.24, 2.45) is 0 Å². The molecule has 1 heterocycles. The maximum absolute atomic E-state index is 11.6. The molecule has 4 nitrogen and oxygen atoms in total. The van der Waals surface area contributed by atoms with Gasteiger partial charge in [-0.15, -0.1) is 0 Å². The van der Waals surface area contributed by atoms with Crippen molar-refractivity contribution in [2.45, 2.75) is 26.3 Å². The minimum absolute atomic E-state index is 0.0794. The zero-order chi connectivity index (χ0) is 13.7. The zero-order valence-electron chi connectivity index (χ0n) is 11.3. The van der Waals surface area contributed by atoms with Crippen LogP contribution in [0.5, 0.6) is 11.5 Å². The molecule has 0 bridgehead atoms. The van der Waals surface area contributed by atoms with Crippen LogP contribution in [0.1, 0.15) is 25.8 Å². The summed E-state index contributed by atoms with van der Waals surface area (Å²) < 4.78 is 10.9. The largest absolute Gasteiger partial charge is 0.486 e. The van der Waals surface area contributed by atoms with Crippen LogP contribution in [0.25, 0.3) is 6.08 Å². The van der Waals surface area contributed by atoms with E-state index in [9.17, 15) is 4.79 Å². The van der Waals surface area contributed by atoms with Crippen molar-refractivity contribution in [3.8, 4) is 11.5 Å². The Kier molecular flexibility index (Phi) is 4.44. The first kappa shape index (κ1) is 13.5. The van der Waals surface area contributed by atoms with Gasteiger partial charge in [-0.05, 0) is 37.1 Å². The van der Waals surface area contributed by atoms with Gasteiger partial charge in [0.25, 0.3) is 0 Å². The fourth-order valence-corrected chi connectivity index (χ4v) is 1.73. The van der Waals surface area contributed by atoms with Crippen molar-refractivity contribution < 1.29 is 14.3 Å². The molecule has 0 spiro atoms. The van der Waals surface area contributed by atoms with E-state index in [1.165, 1.54) is 6.08 Å². The Morgan fingerprint density at radius 2 is 2.11 bits per heavy atom. The molecule has 1 aliphatic rings. The Labute approximate surface area is 113 Å². The van der Waals surface area contributed by atoms with E-state index in [2.05, 4.69) is 5.32 Å². The third-order valence-corrected chi connectivity index (χ3v) is 2.99. The van der Waals surface area contributed by atoms with Crippen molar-refractivity contribution in [1.29, 1.82) is 0 Å². The summed E-state index contributed by atoms with van der Waals surface area (Å²) in [7, 11) is 0. The molecular weight excluding hydrogens is 242 g/mol. The molecule has 102 valence electrons. The number of ether oxygens (including phenoxy) is 2. The van der Waals surface area contributed by atoms with Gasteiger partial charge < -0.3 is 14.8 Å². The minimum Gasteiger partial charge on any atom is -0.486 e. The smallest absolute Gasteiger partial charge is 0.244 e. The number of benzene rings is 1. The Morgan fingerprint density at radius 3 is 2.84 bits per heavy atom. The van der Waals surface area contributed by atoms with Crippen LogP contribution in [-0.2, 0) is 4.79 Å². The van der Waals surface area contributed by atoms with E-state index in [-0.39, 0.29) is 11.9 Å². The van der Waals surface area contributed by atoms with Gasteiger partial charge in [0.05, 0.1) is 0 Å². The molecule has 1 aromatic carbocycles. The molecule has 0 saturated heterocycles. The Balaban J connectivity index is 2.00. The molecule has 2 rings (SSSR count). The molecule has 4 heteroatoms. The van der Waals surface area contributed by atoms with E-state index >= 15 is 0 Å². The Bertz CT molecular complexity index is 482. The minimum atomic E-state index is -0.0794. The number of carbonyl (C=O) groups excluding carboxylic acids is 1. The predicted octanol–water partition coefficient (Wildman–Crippen LogP) is 2.39. The maximum atomic E-state index is 11.6. The number of fused-ring (bicyclic) bond motifs is 1. The number of hydrogen-bond acceptors (Lipinski definition) is 3. The van der Waals surface area contributed by atoms with Crippen LogP contribution >= 0.6 is 0 Å². The van der Waals surface area contributed by atoms with Crippen LogP contribution in [0.4, 0.5) is 0 Å². The quantitative estimate of drug-likeness (QED) is 0.847. The van der Waals surface area contributed by atoms with Crippen LogP contribution in [0.15, 0.2) is 24.3 Å². The summed E-state index contributed by atoms with van der Waals surface area (Å²) in [6, 6.07) is 5.83. The summed E-state index contributed by atoms with van der Waals surface area (Å²) in [6.07, 6.45) is 4.23. The van der Waals surface area contributed by atoms with E-state index in [1.54, 1.807) is 6.08 Å². The van der Waals surface area contributed by atoms with Crippen molar-refractivity contribution in [3.63, 3.8) is 0 Å². The summed E-state index contributed by atoms with van der Waals surface area (Å²) in [6.45, 7) is 5.17. The predicted molar refractivity (Wildman–Crippen MR) is 74.4 cm³/mol. The second-order valence-corrected chi connectivity index (χ2v) is 4.55. The van der Waals surface area contributed by atoms with Gasteiger partial charge in [-0.2, -0.15) is 0 Å². The number of carbonyl (C=O) groups is 1. The molecule has 0 radical (unpaired) electrons. The molecule has 0 saturated carbocycles. The Hall–Kier alpha value is -1.97. The number of rotatable bonds is 4. The zero-order valence-corrected chi connectivity index (χ0v) is 11.3. The highest BCUT2D eigenvalue weighted by Crippen LogP contribution is 2.30. The van der Waals surface area contributed by atoms with E-state index in [1.807, 2.05) is 32.0 Å². The topological polar surface area (TPSA) is 47.6 Å². The molecular formula is C15H19NO3. The summed E-state index contributed by atoms with van der Waals surface area (Å²) in [5.41, 5.74) is 0.920. The van der Waals surface area contributed by atoms with Gasteiger partial charge in [0.2, 0.25) is 5.91 Å². The van der Waals surface area contributed by atoms with E-state index in [0.29, 0.717) is 13.2 Å². The normalized spacial score (nSPS) is 15.3. The lowest BCUT2D eigenvalue weighted by molar-refractivity contribution is -0.117. The number of amides is 1. The molecule has 1 N–H and O–H groups in total. The molecule has 1 aliphatic heterocycles. The van der Waals surface area contributed by atoms with Crippen LogP contribution in [0.3, 0.4) is 0 Å². The van der Waals surface area contributed by atoms with Gasteiger partial charge in [-0.1, -0.05) is 13.0 Å². The summed E-state index contributed by atoms with van der Waals surface area (Å²) in [5.74, 6) is 1.41. The van der Waals surface area contributed by atoms with Crippen molar-refractivity contribution in [3.05, 3.63) is 29.8 Å². The van der Waals surface area contributed by atoms with Gasteiger partial charge in [-0.3, -0.25) is 4.79 Å². The molecule has 0 aromatic heterocycles. The highest BCUT2D eigenvalue weighted by atomic mass is 16.6. The lowest BCUT2D eigenvalue weighted by Gasteiger charge is -2.18. The molecule has 1 aromatic rings. The molecule has 19 heavy (non-hydrogen) atoms. The number of hydrogen-bond donors (Lipinski definition) is 1. The summed E-state index contributed by atoms with van der Waals surface area (Å²) in [5, 5.41) is 2.88. The fraction of sp³-hybridized carbons (Fsp3) is 0.400. The standard InChI is InChI=1S/C15H19NO3/c1-3-11(2)16-15(17)7-5-12-4-6-13-14(10-12)19-9-8-18-13/h4-7,10-11H,3,8-9H2,1-2H3,(H,16,17)/b7-5+. The molecule has 1 atom stereocenters. The second kappa shape index (κ2) is 6.27. The lowest BCUT2D eigenvalue weighted by Crippen LogP contribution is -2.30. The Morgan fingerprint density at radius 1 is 1.37 bits per heavy atom. The first-order chi connectivity index (χ1) is 9.19. The van der Waals surface area contributed by atoms with Crippen LogP contribution in [0.2, 0.25) is 0 Å². The van der Waals surface area contributed by atoms with Crippen LogP contribution in [0, 0.1) is 0 Å². The molecule has 1 amide bonds. The van der Waals surface area contributed by atoms with Gasteiger partial charge in [0.1, 0.15) is 13.2 Å². The first-order valence-electron chi connectivity index (χ1n) is 6.57. The molecule has 1 unspecified atom stereocenters. The van der Waals surface area contributed by atoms with E-state index < -0.39 is 0 Å². The van der Waals surface area contributed by atoms with Crippen molar-refractivity contribution in [1.82, 2.24) is 5.32 Å². The highest BCUT2D eigenvalue weighted by molar-refractivity contribution is 5.91. The highest BCUT2D eigenvalue weighted by Gasteiger charge is 2.10. The summed E-state index contributed by atoms with van der Waals surface area (Å²) in [4.78, 5) is 11.6. The van der Waals surface area contributed by atoms with Crippen LogP contribution < -0.4 is 14.8 Å². The summed E-state index contributed by atoms with van der Waals surface area (Å²) >= 11 is 0. The molecule has 0 aliphatic carbocycles. The maximum Gasteiger partial charge on any atom is 0.244 e. The average molecular weight is 261 g/mol. The second-order valence-electron chi connectivity index (χ2n) is 4.55. The van der Waals surface area contributed by atoms with E-state index in [0.717, 1.165) is 23.5 Å². The van der Waals surface area contributed by atoms with Gasteiger partial charge in [-0.25, -0.2) is 0 Å². The van der Waals surface area contributed by atoms with E-state index in [4.69, 9.17) is 9.47 Å². The number of nitrogens with one attached hydrogen (secondary N) is 1. The lowest BCUT2D eigenvalue weighted by atomic mass is 10.1. The fourth-order valence-electron chi connectivity index (χ4n) is 1.73. The third kappa shape index (κ3) is 3.74.